The number of benzene rings is 1. The molecular weight excluding hydrogens is 370 g/mol. The number of hydrogen-bond acceptors (Lipinski definition) is 7. The third-order valence-corrected chi connectivity index (χ3v) is 4.68. The van der Waals surface area contributed by atoms with Crippen molar-refractivity contribution in [2.24, 2.45) is 0 Å². The summed E-state index contributed by atoms with van der Waals surface area (Å²) in [6.45, 7) is 0. The molecule has 0 fully saturated rings. The number of rotatable bonds is 3. The number of pyridine rings is 1. The fourth-order valence-corrected chi connectivity index (χ4v) is 3.36. The Labute approximate surface area is 155 Å². The Bertz CT molecular complexity index is 1170. The van der Waals surface area contributed by atoms with E-state index in [1.807, 2.05) is 0 Å². The molecule has 134 valence electrons. The van der Waals surface area contributed by atoms with Crippen molar-refractivity contribution >= 4 is 40.0 Å². The minimum atomic E-state index is -0.689. The van der Waals surface area contributed by atoms with E-state index in [-0.39, 0.29) is 28.2 Å². The Morgan fingerprint density at radius 1 is 1.19 bits per heavy atom. The zero-order valence-electron chi connectivity index (χ0n) is 13.6. The number of carbonyl (C=O) groups excluding carboxylic acids is 3. The van der Waals surface area contributed by atoms with Crippen molar-refractivity contribution in [2.75, 3.05) is 11.1 Å². The number of nitrogen functional groups attached to an aromatic ring is 1. The first-order valence-corrected chi connectivity index (χ1v) is 8.57. The number of hydrogen-bond donors (Lipinski definition) is 3. The van der Waals surface area contributed by atoms with Gasteiger partial charge >= 0.3 is 0 Å². The monoisotopic (exact) mass is 381 g/mol. The van der Waals surface area contributed by atoms with Crippen molar-refractivity contribution in [3.05, 3.63) is 69.0 Å². The van der Waals surface area contributed by atoms with Crippen LogP contribution in [0.4, 0.5) is 10.9 Å². The zero-order valence-corrected chi connectivity index (χ0v) is 14.4. The molecule has 4 rings (SSSR count). The number of anilines is 2. The van der Waals surface area contributed by atoms with Gasteiger partial charge in [0.1, 0.15) is 5.82 Å². The Balaban J connectivity index is 1.88. The van der Waals surface area contributed by atoms with Gasteiger partial charge in [-0.15, -0.1) is 11.3 Å². The first-order valence-electron chi connectivity index (χ1n) is 7.69. The quantitative estimate of drug-likeness (QED) is 0.579. The van der Waals surface area contributed by atoms with Crippen molar-refractivity contribution in [3.63, 3.8) is 0 Å². The smallest absolute Gasteiger partial charge is 0.262 e. The summed E-state index contributed by atoms with van der Waals surface area (Å²) >= 11 is 1.24. The number of fused-ring (bicyclic) bond motifs is 1. The number of nitrogens with one attached hydrogen (secondary N) is 2. The maximum atomic E-state index is 12.6. The summed E-state index contributed by atoms with van der Waals surface area (Å²) in [7, 11) is 0. The van der Waals surface area contributed by atoms with Crippen LogP contribution >= 0.6 is 11.3 Å². The Hall–Kier alpha value is -3.79. The van der Waals surface area contributed by atoms with E-state index >= 15 is 0 Å². The van der Waals surface area contributed by atoms with Gasteiger partial charge in [-0.1, -0.05) is 12.1 Å². The van der Waals surface area contributed by atoms with Crippen molar-refractivity contribution in [2.45, 2.75) is 0 Å². The van der Waals surface area contributed by atoms with Gasteiger partial charge in [0.25, 0.3) is 23.3 Å². The first-order chi connectivity index (χ1) is 13.0. The molecule has 3 heterocycles. The maximum Gasteiger partial charge on any atom is 0.262 e. The highest BCUT2D eigenvalue weighted by Gasteiger charge is 2.32. The second kappa shape index (κ2) is 6.18. The van der Waals surface area contributed by atoms with E-state index in [2.05, 4.69) is 15.6 Å². The highest BCUT2D eigenvalue weighted by Crippen LogP contribution is 2.25. The lowest BCUT2D eigenvalue weighted by Crippen LogP contribution is -2.26. The predicted octanol–water partition coefficient (Wildman–Crippen LogP) is 1.01. The Morgan fingerprint density at radius 2 is 1.96 bits per heavy atom. The van der Waals surface area contributed by atoms with E-state index in [0.717, 1.165) is 10.6 Å². The summed E-state index contributed by atoms with van der Waals surface area (Å²) in [4.78, 5) is 53.0. The van der Waals surface area contributed by atoms with Gasteiger partial charge in [0.15, 0.2) is 5.13 Å². The molecule has 0 radical (unpaired) electrons. The van der Waals surface area contributed by atoms with E-state index in [0.29, 0.717) is 5.13 Å². The van der Waals surface area contributed by atoms with Gasteiger partial charge in [-0.2, -0.15) is 0 Å². The fraction of sp³-hybridized carbons (Fsp3) is 0. The zero-order chi connectivity index (χ0) is 19.1. The molecule has 0 aliphatic carbocycles. The van der Waals surface area contributed by atoms with Crippen LogP contribution < -0.4 is 21.9 Å². The topological polar surface area (TPSA) is 136 Å². The summed E-state index contributed by atoms with van der Waals surface area (Å²) in [6, 6.07) is 7.32. The average Bonchev–Trinajstić information content (AvgIpc) is 3.23. The van der Waals surface area contributed by atoms with Gasteiger partial charge in [0.2, 0.25) is 0 Å². The highest BCUT2D eigenvalue weighted by molar-refractivity contribution is 7.13. The van der Waals surface area contributed by atoms with E-state index in [1.54, 1.807) is 23.7 Å². The molecule has 27 heavy (non-hydrogen) atoms. The van der Waals surface area contributed by atoms with Gasteiger partial charge in [-0.3, -0.25) is 34.4 Å². The lowest BCUT2D eigenvalue weighted by Gasteiger charge is -2.15. The van der Waals surface area contributed by atoms with Gasteiger partial charge in [0, 0.05) is 17.6 Å². The average molecular weight is 381 g/mol. The Morgan fingerprint density at radius 3 is 2.70 bits per heavy atom. The van der Waals surface area contributed by atoms with Gasteiger partial charge in [0.05, 0.1) is 22.4 Å². The molecule has 10 heteroatoms. The van der Waals surface area contributed by atoms with Crippen LogP contribution in [-0.2, 0) is 0 Å². The van der Waals surface area contributed by atoms with E-state index in [4.69, 9.17) is 5.73 Å². The summed E-state index contributed by atoms with van der Waals surface area (Å²) < 4.78 is 1.04. The SMILES string of the molecule is Nc1c2c(cc(=O)n1-c1ccccc1C(=O)Nc1nccs1)C(=O)NC2=O. The molecule has 0 saturated carbocycles. The van der Waals surface area contributed by atoms with E-state index in [9.17, 15) is 19.2 Å². The molecule has 0 saturated heterocycles. The highest BCUT2D eigenvalue weighted by atomic mass is 32.1. The molecule has 1 aliphatic rings. The second-order valence-corrected chi connectivity index (χ2v) is 6.48. The Kier molecular flexibility index (Phi) is 3.81. The first kappa shape index (κ1) is 16.7. The van der Waals surface area contributed by atoms with Crippen LogP contribution in [-0.4, -0.2) is 27.3 Å². The molecule has 0 unspecified atom stereocenters. The largest absolute Gasteiger partial charge is 0.384 e. The normalized spacial score (nSPS) is 12.6. The van der Waals surface area contributed by atoms with Crippen molar-refractivity contribution < 1.29 is 14.4 Å². The van der Waals surface area contributed by atoms with Crippen LogP contribution in [0.15, 0.2) is 46.7 Å². The number of amides is 3. The fourth-order valence-electron chi connectivity index (χ4n) is 2.84. The number of para-hydroxylation sites is 1. The van der Waals surface area contributed by atoms with E-state index in [1.165, 1.54) is 23.5 Å². The van der Waals surface area contributed by atoms with Gasteiger partial charge in [-0.25, -0.2) is 4.98 Å². The van der Waals surface area contributed by atoms with Crippen LogP contribution in [0.3, 0.4) is 0 Å². The summed E-state index contributed by atoms with van der Waals surface area (Å²) in [5.74, 6) is -2.07. The summed E-state index contributed by atoms with van der Waals surface area (Å²) in [6.07, 6.45) is 1.55. The lowest BCUT2D eigenvalue weighted by atomic mass is 10.1. The third kappa shape index (κ3) is 2.68. The second-order valence-electron chi connectivity index (χ2n) is 5.58. The summed E-state index contributed by atoms with van der Waals surface area (Å²) in [5.41, 5.74) is 5.57. The molecule has 0 spiro atoms. The predicted molar refractivity (Wildman–Crippen MR) is 98.3 cm³/mol. The molecule has 3 amide bonds. The van der Waals surface area contributed by atoms with Crippen LogP contribution in [0.25, 0.3) is 5.69 Å². The lowest BCUT2D eigenvalue weighted by molar-refractivity contribution is 0.0879. The molecule has 1 aliphatic heterocycles. The van der Waals surface area contributed by atoms with Gasteiger partial charge < -0.3 is 5.73 Å². The molecular formula is C17H11N5O4S. The van der Waals surface area contributed by atoms with Crippen LogP contribution in [0.5, 0.6) is 0 Å². The third-order valence-electron chi connectivity index (χ3n) is 4.00. The minimum Gasteiger partial charge on any atom is -0.384 e. The van der Waals surface area contributed by atoms with Gasteiger partial charge in [-0.05, 0) is 12.1 Å². The minimum absolute atomic E-state index is 0.0801. The maximum absolute atomic E-state index is 12.6. The number of aromatic nitrogens is 2. The van der Waals surface area contributed by atoms with E-state index < -0.39 is 23.3 Å². The van der Waals surface area contributed by atoms with Crippen molar-refractivity contribution in [1.29, 1.82) is 0 Å². The molecule has 1 aromatic carbocycles. The summed E-state index contributed by atoms with van der Waals surface area (Å²) in [5, 5.41) is 6.84. The van der Waals surface area contributed by atoms with Crippen LogP contribution in [0.1, 0.15) is 31.1 Å². The van der Waals surface area contributed by atoms with Crippen molar-refractivity contribution in [1.82, 2.24) is 14.9 Å². The van der Waals surface area contributed by atoms with Crippen LogP contribution in [0.2, 0.25) is 0 Å². The van der Waals surface area contributed by atoms with Crippen LogP contribution in [0, 0.1) is 0 Å². The molecule has 0 atom stereocenters. The standard InChI is InChI=1S/C17H11N5O4S/c18-13-12-9(15(25)20-16(12)26)7-11(23)22(13)10-4-2-1-3-8(10)14(24)21-17-19-5-6-27-17/h1-7H,18H2,(H,19,21,24)(H,20,25,26). The molecule has 2 aromatic heterocycles. The number of thiazole rings is 1. The molecule has 3 aromatic rings. The number of carbonyl (C=O) groups is 3. The number of nitrogens with zero attached hydrogens (tertiary/aromatic N) is 2. The molecule has 4 N–H and O–H groups in total. The van der Waals surface area contributed by atoms with Crippen molar-refractivity contribution in [3.8, 4) is 5.69 Å². The molecule has 9 nitrogen and oxygen atoms in total. The number of nitrogens with two attached hydrogens (primary N) is 1. The molecule has 0 bridgehead atoms. The number of imide groups is 1.